The lowest BCUT2D eigenvalue weighted by molar-refractivity contribution is 0.102. The van der Waals surface area contributed by atoms with Crippen molar-refractivity contribution >= 4 is 27.3 Å². The van der Waals surface area contributed by atoms with Crippen LogP contribution in [0.2, 0.25) is 0 Å². The van der Waals surface area contributed by atoms with Crippen LogP contribution in [0.3, 0.4) is 0 Å². The molecule has 0 fully saturated rings. The van der Waals surface area contributed by atoms with Gasteiger partial charge in [-0.1, -0.05) is 35.4 Å². The maximum absolute atomic E-state index is 12.5. The van der Waals surface area contributed by atoms with Gasteiger partial charge in [-0.05, 0) is 68.8 Å². The number of benzene rings is 3. The SMILES string of the molecule is Cc1ccc(NS(=O)(=O)c2ccc(C(=O)Nc3ccc(C)cc3C)cc2)cc1. The molecule has 0 atom stereocenters. The first-order valence-corrected chi connectivity index (χ1v) is 10.3. The van der Waals surface area contributed by atoms with Gasteiger partial charge in [0.25, 0.3) is 15.9 Å². The summed E-state index contributed by atoms with van der Waals surface area (Å²) >= 11 is 0. The lowest BCUT2D eigenvalue weighted by Crippen LogP contribution is -2.15. The summed E-state index contributed by atoms with van der Waals surface area (Å²) < 4.78 is 27.6. The Bertz CT molecular complexity index is 1100. The van der Waals surface area contributed by atoms with E-state index in [0.717, 1.165) is 22.4 Å². The number of hydrogen-bond acceptors (Lipinski definition) is 3. The molecule has 0 aliphatic heterocycles. The molecule has 0 radical (unpaired) electrons. The summed E-state index contributed by atoms with van der Waals surface area (Å²) in [5.41, 5.74) is 4.73. The Balaban J connectivity index is 1.74. The van der Waals surface area contributed by atoms with Gasteiger partial charge in [-0.3, -0.25) is 9.52 Å². The number of carbonyl (C=O) groups is 1. The number of anilines is 2. The first kappa shape index (κ1) is 19.6. The zero-order valence-corrected chi connectivity index (χ0v) is 16.8. The van der Waals surface area contributed by atoms with Crippen LogP contribution in [0.15, 0.2) is 71.6 Å². The molecule has 0 aromatic heterocycles. The normalized spacial score (nSPS) is 11.1. The standard InChI is InChI=1S/C22H22N2O3S/c1-15-4-9-19(10-5-15)24-28(26,27)20-11-7-18(8-12-20)22(25)23-21-13-6-16(2)14-17(21)3/h4-14,24H,1-3H3,(H,23,25). The molecule has 2 N–H and O–H groups in total. The van der Waals surface area contributed by atoms with Crippen LogP contribution in [-0.2, 0) is 10.0 Å². The summed E-state index contributed by atoms with van der Waals surface area (Å²) in [6.45, 7) is 5.84. The highest BCUT2D eigenvalue weighted by molar-refractivity contribution is 7.92. The van der Waals surface area contributed by atoms with Crippen LogP contribution in [0.1, 0.15) is 27.0 Å². The molecule has 0 unspecified atom stereocenters. The Kier molecular flexibility index (Phi) is 5.51. The van der Waals surface area contributed by atoms with Crippen LogP contribution >= 0.6 is 0 Å². The minimum atomic E-state index is -3.72. The molecule has 0 spiro atoms. The Morgan fingerprint density at radius 3 is 2.00 bits per heavy atom. The van der Waals surface area contributed by atoms with Crippen LogP contribution in [-0.4, -0.2) is 14.3 Å². The lowest BCUT2D eigenvalue weighted by Gasteiger charge is -2.11. The third-order valence-corrected chi connectivity index (χ3v) is 5.76. The minimum Gasteiger partial charge on any atom is -0.322 e. The maximum atomic E-state index is 12.5. The maximum Gasteiger partial charge on any atom is 0.261 e. The second-order valence-corrected chi connectivity index (χ2v) is 8.45. The van der Waals surface area contributed by atoms with Crippen LogP contribution in [0, 0.1) is 20.8 Å². The van der Waals surface area contributed by atoms with E-state index in [-0.39, 0.29) is 10.8 Å². The second-order valence-electron chi connectivity index (χ2n) is 6.77. The number of amides is 1. The molecule has 5 nitrogen and oxygen atoms in total. The van der Waals surface area contributed by atoms with Crippen molar-refractivity contribution in [1.82, 2.24) is 0 Å². The lowest BCUT2D eigenvalue weighted by atomic mass is 10.1. The van der Waals surface area contributed by atoms with Crippen LogP contribution in [0.25, 0.3) is 0 Å². The first-order valence-electron chi connectivity index (χ1n) is 8.83. The molecule has 0 aliphatic rings. The van der Waals surface area contributed by atoms with E-state index in [4.69, 9.17) is 0 Å². The molecule has 144 valence electrons. The van der Waals surface area contributed by atoms with E-state index in [1.165, 1.54) is 24.3 Å². The quantitative estimate of drug-likeness (QED) is 0.661. The predicted molar refractivity (Wildman–Crippen MR) is 112 cm³/mol. The summed E-state index contributed by atoms with van der Waals surface area (Å²) in [7, 11) is -3.72. The van der Waals surface area contributed by atoms with Crippen molar-refractivity contribution in [2.24, 2.45) is 0 Å². The van der Waals surface area contributed by atoms with Gasteiger partial charge in [0.2, 0.25) is 0 Å². The van der Waals surface area contributed by atoms with Gasteiger partial charge in [0.15, 0.2) is 0 Å². The largest absolute Gasteiger partial charge is 0.322 e. The number of hydrogen-bond donors (Lipinski definition) is 2. The third-order valence-electron chi connectivity index (χ3n) is 4.36. The molecule has 1 amide bonds. The monoisotopic (exact) mass is 394 g/mol. The summed E-state index contributed by atoms with van der Waals surface area (Å²) in [5.74, 6) is -0.289. The van der Waals surface area contributed by atoms with Crippen LogP contribution < -0.4 is 10.0 Å². The number of nitrogens with one attached hydrogen (secondary N) is 2. The van der Waals surface area contributed by atoms with Gasteiger partial charge in [0.1, 0.15) is 0 Å². The van der Waals surface area contributed by atoms with Gasteiger partial charge in [0.05, 0.1) is 4.90 Å². The topological polar surface area (TPSA) is 75.3 Å². The third kappa shape index (κ3) is 4.58. The zero-order valence-electron chi connectivity index (χ0n) is 16.0. The molecule has 28 heavy (non-hydrogen) atoms. The van der Waals surface area contributed by atoms with Gasteiger partial charge in [-0.2, -0.15) is 0 Å². The van der Waals surface area contributed by atoms with Crippen molar-refractivity contribution in [3.8, 4) is 0 Å². The molecule has 3 rings (SSSR count). The number of rotatable bonds is 5. The van der Waals surface area contributed by atoms with Gasteiger partial charge in [-0.15, -0.1) is 0 Å². The van der Waals surface area contributed by atoms with Crippen LogP contribution in [0.4, 0.5) is 11.4 Å². The highest BCUT2D eigenvalue weighted by Gasteiger charge is 2.15. The van der Waals surface area contributed by atoms with Crippen molar-refractivity contribution in [2.75, 3.05) is 10.0 Å². The van der Waals surface area contributed by atoms with Crippen LogP contribution in [0.5, 0.6) is 0 Å². The molecular formula is C22H22N2O3S. The number of carbonyl (C=O) groups excluding carboxylic acids is 1. The number of sulfonamides is 1. The molecule has 6 heteroatoms. The first-order chi connectivity index (χ1) is 13.2. The average molecular weight is 394 g/mol. The Labute approximate surface area is 165 Å². The van der Waals surface area contributed by atoms with Gasteiger partial charge in [0, 0.05) is 16.9 Å². The highest BCUT2D eigenvalue weighted by atomic mass is 32.2. The van der Waals surface area contributed by atoms with E-state index in [1.54, 1.807) is 12.1 Å². The van der Waals surface area contributed by atoms with Gasteiger partial charge >= 0.3 is 0 Å². The molecule has 0 heterocycles. The Hall–Kier alpha value is -3.12. The number of aryl methyl sites for hydroxylation is 3. The predicted octanol–water partition coefficient (Wildman–Crippen LogP) is 4.66. The molecule has 0 aliphatic carbocycles. The van der Waals surface area contributed by atoms with Crippen molar-refractivity contribution in [1.29, 1.82) is 0 Å². The van der Waals surface area contributed by atoms with E-state index in [9.17, 15) is 13.2 Å². The Morgan fingerprint density at radius 2 is 1.39 bits per heavy atom. The highest BCUT2D eigenvalue weighted by Crippen LogP contribution is 2.19. The summed E-state index contributed by atoms with van der Waals surface area (Å²) in [6, 6.07) is 18.7. The van der Waals surface area contributed by atoms with Crippen molar-refractivity contribution in [3.05, 3.63) is 89.0 Å². The fourth-order valence-corrected chi connectivity index (χ4v) is 3.83. The minimum absolute atomic E-state index is 0.0936. The fourth-order valence-electron chi connectivity index (χ4n) is 2.77. The summed E-state index contributed by atoms with van der Waals surface area (Å²) in [5, 5.41) is 2.85. The summed E-state index contributed by atoms with van der Waals surface area (Å²) in [4.78, 5) is 12.6. The van der Waals surface area contributed by atoms with Gasteiger partial charge < -0.3 is 5.32 Å². The average Bonchev–Trinajstić information content (AvgIpc) is 2.66. The second kappa shape index (κ2) is 7.86. The smallest absolute Gasteiger partial charge is 0.261 e. The van der Waals surface area contributed by atoms with E-state index < -0.39 is 10.0 Å². The van der Waals surface area contributed by atoms with Crippen molar-refractivity contribution in [2.45, 2.75) is 25.7 Å². The van der Waals surface area contributed by atoms with E-state index in [2.05, 4.69) is 10.0 Å². The van der Waals surface area contributed by atoms with E-state index in [0.29, 0.717) is 11.3 Å². The molecule has 0 saturated carbocycles. The molecular weight excluding hydrogens is 372 g/mol. The molecule has 3 aromatic rings. The zero-order chi connectivity index (χ0) is 20.3. The fraction of sp³-hybridized carbons (Fsp3) is 0.136. The van der Waals surface area contributed by atoms with Gasteiger partial charge in [-0.25, -0.2) is 8.42 Å². The molecule has 3 aromatic carbocycles. The molecule has 0 bridgehead atoms. The van der Waals surface area contributed by atoms with Crippen molar-refractivity contribution in [3.63, 3.8) is 0 Å². The Morgan fingerprint density at radius 1 is 0.786 bits per heavy atom. The van der Waals surface area contributed by atoms with E-state index in [1.807, 2.05) is 51.1 Å². The van der Waals surface area contributed by atoms with Crippen molar-refractivity contribution < 1.29 is 13.2 Å². The molecule has 0 saturated heterocycles. The summed E-state index contributed by atoms with van der Waals surface area (Å²) in [6.07, 6.45) is 0. The van der Waals surface area contributed by atoms with E-state index >= 15 is 0 Å².